The number of hydrogen-bond donors (Lipinski definition) is 2. The minimum absolute atomic E-state index is 0.239. The summed E-state index contributed by atoms with van der Waals surface area (Å²) in [6.45, 7) is 4.14. The molecule has 3 saturated heterocycles. The number of carbonyl (C=O) groups excluding carboxylic acids is 1. The highest BCUT2D eigenvalue weighted by atomic mass is 16.1. The molecule has 3 heterocycles. The zero-order valence-electron chi connectivity index (χ0n) is 10.6. The second kappa shape index (κ2) is 4.58. The fourth-order valence-corrected chi connectivity index (χ4v) is 4.07. The Morgan fingerprint density at radius 3 is 2.53 bits per heavy atom. The molecule has 96 valence electrons. The van der Waals surface area contributed by atoms with Crippen LogP contribution in [0.5, 0.6) is 0 Å². The van der Waals surface area contributed by atoms with Crippen LogP contribution in [0.3, 0.4) is 0 Å². The molecular formula is C13H23N3O. The van der Waals surface area contributed by atoms with Gasteiger partial charge in [-0.2, -0.15) is 0 Å². The molecule has 17 heavy (non-hydrogen) atoms. The molecule has 2 N–H and O–H groups in total. The van der Waals surface area contributed by atoms with Gasteiger partial charge in [0.25, 0.3) is 0 Å². The van der Waals surface area contributed by atoms with Crippen LogP contribution in [0.15, 0.2) is 0 Å². The van der Waals surface area contributed by atoms with Gasteiger partial charge in [0.15, 0.2) is 0 Å². The topological polar surface area (TPSA) is 44.4 Å². The molecule has 2 bridgehead atoms. The van der Waals surface area contributed by atoms with Gasteiger partial charge in [0.2, 0.25) is 5.91 Å². The largest absolute Gasteiger partial charge is 0.354 e. The number of amides is 1. The number of hydrogen-bond acceptors (Lipinski definition) is 3. The Morgan fingerprint density at radius 2 is 2.00 bits per heavy atom. The van der Waals surface area contributed by atoms with Gasteiger partial charge in [0, 0.05) is 37.1 Å². The van der Waals surface area contributed by atoms with Gasteiger partial charge in [-0.15, -0.1) is 0 Å². The number of fused-ring (bicyclic) bond motifs is 2. The first-order valence-corrected chi connectivity index (χ1v) is 7.05. The van der Waals surface area contributed by atoms with E-state index in [9.17, 15) is 4.79 Å². The van der Waals surface area contributed by atoms with Crippen LogP contribution >= 0.6 is 0 Å². The molecule has 3 rings (SSSR count). The van der Waals surface area contributed by atoms with Crippen LogP contribution in [0.2, 0.25) is 0 Å². The molecule has 0 saturated carbocycles. The van der Waals surface area contributed by atoms with E-state index in [-0.39, 0.29) is 5.91 Å². The van der Waals surface area contributed by atoms with Crippen molar-refractivity contribution in [2.45, 2.75) is 63.2 Å². The first-order chi connectivity index (χ1) is 8.28. The van der Waals surface area contributed by atoms with Crippen molar-refractivity contribution in [2.75, 3.05) is 13.1 Å². The fourth-order valence-electron chi connectivity index (χ4n) is 4.07. The second-order valence-corrected chi connectivity index (χ2v) is 5.72. The lowest BCUT2D eigenvalue weighted by atomic mass is 9.95. The normalized spacial score (nSPS) is 41.8. The zero-order valence-corrected chi connectivity index (χ0v) is 10.6. The van der Waals surface area contributed by atoms with Gasteiger partial charge < -0.3 is 10.6 Å². The van der Waals surface area contributed by atoms with Crippen molar-refractivity contribution in [3.8, 4) is 0 Å². The molecule has 0 radical (unpaired) electrons. The lowest BCUT2D eigenvalue weighted by Gasteiger charge is -2.42. The van der Waals surface area contributed by atoms with E-state index in [1.807, 2.05) is 0 Å². The number of nitrogens with zero attached hydrogens (tertiary/aromatic N) is 1. The van der Waals surface area contributed by atoms with Crippen molar-refractivity contribution in [3.63, 3.8) is 0 Å². The third kappa shape index (κ3) is 2.08. The first-order valence-electron chi connectivity index (χ1n) is 7.05. The van der Waals surface area contributed by atoms with E-state index in [1.165, 1.54) is 25.7 Å². The summed E-state index contributed by atoms with van der Waals surface area (Å²) in [7, 11) is 0. The van der Waals surface area contributed by atoms with Gasteiger partial charge in [-0.25, -0.2) is 0 Å². The van der Waals surface area contributed by atoms with Crippen LogP contribution in [0.1, 0.15) is 39.0 Å². The van der Waals surface area contributed by atoms with Gasteiger partial charge in [0.1, 0.15) is 0 Å². The first kappa shape index (κ1) is 11.5. The van der Waals surface area contributed by atoms with Crippen molar-refractivity contribution in [3.05, 3.63) is 0 Å². The molecule has 3 atom stereocenters. The average molecular weight is 237 g/mol. The Labute approximate surface area is 103 Å². The SMILES string of the molecule is CCNC1CC2CCC(C1)N2C1CNC(=O)C1. The highest BCUT2D eigenvalue weighted by Crippen LogP contribution is 2.38. The monoisotopic (exact) mass is 237 g/mol. The maximum Gasteiger partial charge on any atom is 0.221 e. The van der Waals surface area contributed by atoms with Crippen LogP contribution in [0, 0.1) is 0 Å². The van der Waals surface area contributed by atoms with E-state index in [2.05, 4.69) is 22.5 Å². The summed E-state index contributed by atoms with van der Waals surface area (Å²) >= 11 is 0. The summed E-state index contributed by atoms with van der Waals surface area (Å²) in [5.74, 6) is 0.239. The molecule has 4 heteroatoms. The molecule has 1 amide bonds. The summed E-state index contributed by atoms with van der Waals surface area (Å²) in [5, 5.41) is 6.57. The molecule has 3 fully saturated rings. The Kier molecular flexibility index (Phi) is 3.09. The third-order valence-corrected chi connectivity index (χ3v) is 4.66. The van der Waals surface area contributed by atoms with Crippen molar-refractivity contribution in [1.29, 1.82) is 0 Å². The third-order valence-electron chi connectivity index (χ3n) is 4.66. The maximum atomic E-state index is 11.3. The average Bonchev–Trinajstić information content (AvgIpc) is 2.81. The van der Waals surface area contributed by atoms with Gasteiger partial charge in [0.05, 0.1) is 0 Å². The van der Waals surface area contributed by atoms with Crippen LogP contribution in [0.4, 0.5) is 0 Å². The highest BCUT2D eigenvalue weighted by molar-refractivity contribution is 5.78. The molecule has 0 aliphatic carbocycles. The molecule has 3 unspecified atom stereocenters. The summed E-state index contributed by atoms with van der Waals surface area (Å²) < 4.78 is 0. The summed E-state index contributed by atoms with van der Waals surface area (Å²) in [6, 6.07) is 2.62. The number of rotatable bonds is 3. The van der Waals surface area contributed by atoms with E-state index >= 15 is 0 Å². The number of nitrogens with one attached hydrogen (secondary N) is 2. The van der Waals surface area contributed by atoms with E-state index in [4.69, 9.17) is 0 Å². The molecule has 3 aliphatic heterocycles. The van der Waals surface area contributed by atoms with Crippen LogP contribution in [0.25, 0.3) is 0 Å². The summed E-state index contributed by atoms with van der Waals surface area (Å²) in [4.78, 5) is 14.0. The molecule has 4 nitrogen and oxygen atoms in total. The Bertz CT molecular complexity index is 293. The van der Waals surface area contributed by atoms with Crippen LogP contribution in [-0.4, -0.2) is 48.1 Å². The molecule has 0 aromatic carbocycles. The predicted molar refractivity (Wildman–Crippen MR) is 66.8 cm³/mol. The molecule has 0 spiro atoms. The smallest absolute Gasteiger partial charge is 0.221 e. The number of piperidine rings is 1. The van der Waals surface area contributed by atoms with Gasteiger partial charge in [-0.1, -0.05) is 6.92 Å². The minimum atomic E-state index is 0.239. The van der Waals surface area contributed by atoms with Gasteiger partial charge in [-0.3, -0.25) is 9.69 Å². The van der Waals surface area contributed by atoms with Crippen molar-refractivity contribution in [2.24, 2.45) is 0 Å². The predicted octanol–water partition coefficient (Wildman–Crippen LogP) is 0.480. The lowest BCUT2D eigenvalue weighted by Crippen LogP contribution is -2.53. The van der Waals surface area contributed by atoms with Gasteiger partial charge >= 0.3 is 0 Å². The fraction of sp³-hybridized carbons (Fsp3) is 0.923. The molecule has 0 aromatic heterocycles. The zero-order chi connectivity index (χ0) is 11.8. The van der Waals surface area contributed by atoms with E-state index < -0.39 is 0 Å². The molecule has 3 aliphatic rings. The van der Waals surface area contributed by atoms with Crippen molar-refractivity contribution < 1.29 is 4.79 Å². The Hall–Kier alpha value is -0.610. The number of carbonyl (C=O) groups is 1. The van der Waals surface area contributed by atoms with Crippen molar-refractivity contribution in [1.82, 2.24) is 15.5 Å². The Balaban J connectivity index is 1.66. The van der Waals surface area contributed by atoms with Crippen LogP contribution in [-0.2, 0) is 4.79 Å². The maximum absolute atomic E-state index is 11.3. The highest BCUT2D eigenvalue weighted by Gasteiger charge is 2.45. The van der Waals surface area contributed by atoms with E-state index in [0.29, 0.717) is 12.1 Å². The lowest BCUT2D eigenvalue weighted by molar-refractivity contribution is -0.119. The molecule has 0 aromatic rings. The summed E-state index contributed by atoms with van der Waals surface area (Å²) in [6.07, 6.45) is 5.93. The van der Waals surface area contributed by atoms with Crippen LogP contribution < -0.4 is 10.6 Å². The van der Waals surface area contributed by atoms with Crippen molar-refractivity contribution >= 4 is 5.91 Å². The van der Waals surface area contributed by atoms with E-state index in [0.717, 1.165) is 31.6 Å². The Morgan fingerprint density at radius 1 is 1.29 bits per heavy atom. The quantitative estimate of drug-likeness (QED) is 0.750. The van der Waals surface area contributed by atoms with Gasteiger partial charge in [-0.05, 0) is 32.2 Å². The second-order valence-electron chi connectivity index (χ2n) is 5.72. The molecular weight excluding hydrogens is 214 g/mol. The van der Waals surface area contributed by atoms with E-state index in [1.54, 1.807) is 0 Å². The summed E-state index contributed by atoms with van der Waals surface area (Å²) in [5.41, 5.74) is 0. The standard InChI is InChI=1S/C13H23N3O/c1-2-14-9-5-10-3-4-11(6-9)16(10)12-7-13(17)15-8-12/h9-12,14H,2-8H2,1H3,(H,15,17). The minimum Gasteiger partial charge on any atom is -0.354 e.